The van der Waals surface area contributed by atoms with E-state index in [2.05, 4.69) is 0 Å². The summed E-state index contributed by atoms with van der Waals surface area (Å²) in [5.74, 6) is -3.26. The molecule has 1 nitrogen and oxygen atoms in total. The molecule has 1 aliphatic rings. The van der Waals surface area contributed by atoms with Gasteiger partial charge in [0.05, 0.1) is 6.61 Å². The molecule has 0 aromatic heterocycles. The Balaban J connectivity index is 1.40. The SMILES string of the molecule is CCOc1ccc(C2=CCC(CCc3ccc(-c4ccc(CC)cc4)c(F)c3F)CC2)c(F)c1F. The number of allylic oxidation sites excluding steroid dienone is 2. The molecule has 0 saturated heterocycles. The first-order valence-electron chi connectivity index (χ1n) is 12.3. The Morgan fingerprint density at radius 1 is 0.800 bits per heavy atom. The van der Waals surface area contributed by atoms with E-state index >= 15 is 0 Å². The van der Waals surface area contributed by atoms with Gasteiger partial charge in [0.1, 0.15) is 0 Å². The summed E-state index contributed by atoms with van der Waals surface area (Å²) < 4.78 is 63.5. The van der Waals surface area contributed by atoms with Crippen LogP contribution in [-0.2, 0) is 12.8 Å². The summed E-state index contributed by atoms with van der Waals surface area (Å²) >= 11 is 0. The number of hydrogen-bond acceptors (Lipinski definition) is 1. The third-order valence-electron chi connectivity index (χ3n) is 6.87. The van der Waals surface area contributed by atoms with Crippen LogP contribution in [0.1, 0.15) is 56.2 Å². The van der Waals surface area contributed by atoms with Gasteiger partial charge in [-0.1, -0.05) is 49.4 Å². The molecule has 1 unspecified atom stereocenters. The van der Waals surface area contributed by atoms with E-state index in [4.69, 9.17) is 4.74 Å². The lowest BCUT2D eigenvalue weighted by Gasteiger charge is -2.23. The van der Waals surface area contributed by atoms with E-state index in [1.54, 1.807) is 25.1 Å². The Bertz CT molecular complexity index is 1210. The average molecular weight is 483 g/mol. The highest BCUT2D eigenvalue weighted by atomic mass is 19.2. The Morgan fingerprint density at radius 3 is 2.17 bits per heavy atom. The van der Waals surface area contributed by atoms with Crippen LogP contribution in [0.4, 0.5) is 17.6 Å². The molecule has 0 saturated carbocycles. The molecule has 3 aromatic carbocycles. The van der Waals surface area contributed by atoms with Crippen molar-refractivity contribution in [1.82, 2.24) is 0 Å². The predicted molar refractivity (Wildman–Crippen MR) is 132 cm³/mol. The van der Waals surface area contributed by atoms with Crippen molar-refractivity contribution in [3.8, 4) is 16.9 Å². The third-order valence-corrected chi connectivity index (χ3v) is 6.87. The zero-order chi connectivity index (χ0) is 24.9. The van der Waals surface area contributed by atoms with Crippen LogP contribution in [0.2, 0.25) is 0 Å². The number of rotatable bonds is 8. The first-order valence-corrected chi connectivity index (χ1v) is 12.3. The number of aryl methyl sites for hydroxylation is 2. The van der Waals surface area contributed by atoms with Crippen LogP contribution >= 0.6 is 0 Å². The molecular formula is C30H30F4O. The van der Waals surface area contributed by atoms with Crippen molar-refractivity contribution in [2.75, 3.05) is 6.61 Å². The molecule has 3 aromatic rings. The van der Waals surface area contributed by atoms with Crippen LogP contribution in [-0.4, -0.2) is 6.61 Å². The average Bonchev–Trinajstić information content (AvgIpc) is 2.88. The van der Waals surface area contributed by atoms with Gasteiger partial charge >= 0.3 is 0 Å². The second-order valence-corrected chi connectivity index (χ2v) is 9.03. The molecule has 1 atom stereocenters. The molecule has 0 heterocycles. The maximum atomic E-state index is 14.8. The first kappa shape index (κ1) is 25.0. The fourth-order valence-electron chi connectivity index (χ4n) is 4.73. The van der Waals surface area contributed by atoms with E-state index in [0.717, 1.165) is 24.0 Å². The second kappa shape index (κ2) is 11.1. The van der Waals surface area contributed by atoms with Crippen LogP contribution in [0.3, 0.4) is 0 Å². The van der Waals surface area contributed by atoms with Gasteiger partial charge in [-0.3, -0.25) is 0 Å². The number of ether oxygens (including phenoxy) is 1. The van der Waals surface area contributed by atoms with Gasteiger partial charge in [-0.05, 0) is 85.8 Å². The third kappa shape index (κ3) is 5.44. The summed E-state index contributed by atoms with van der Waals surface area (Å²) in [5, 5.41) is 0. The maximum absolute atomic E-state index is 14.8. The highest BCUT2D eigenvalue weighted by molar-refractivity contribution is 5.68. The minimum atomic E-state index is -0.963. The van der Waals surface area contributed by atoms with Gasteiger partial charge in [0.2, 0.25) is 5.82 Å². The quantitative estimate of drug-likeness (QED) is 0.292. The highest BCUT2D eigenvalue weighted by Crippen LogP contribution is 2.36. The maximum Gasteiger partial charge on any atom is 0.201 e. The molecule has 4 rings (SSSR count). The van der Waals surface area contributed by atoms with E-state index in [9.17, 15) is 17.6 Å². The fourth-order valence-corrected chi connectivity index (χ4v) is 4.73. The van der Waals surface area contributed by atoms with Gasteiger partial charge in [0.25, 0.3) is 0 Å². The minimum absolute atomic E-state index is 0.0821. The van der Waals surface area contributed by atoms with Crippen molar-refractivity contribution in [1.29, 1.82) is 0 Å². The van der Waals surface area contributed by atoms with E-state index in [0.29, 0.717) is 36.8 Å². The summed E-state index contributed by atoms with van der Waals surface area (Å²) in [4.78, 5) is 0. The number of hydrogen-bond donors (Lipinski definition) is 0. The predicted octanol–water partition coefficient (Wildman–Crippen LogP) is 8.69. The van der Waals surface area contributed by atoms with Gasteiger partial charge in [-0.25, -0.2) is 13.2 Å². The van der Waals surface area contributed by atoms with Crippen LogP contribution in [0.5, 0.6) is 5.75 Å². The Morgan fingerprint density at radius 2 is 1.51 bits per heavy atom. The Hall–Kier alpha value is -3.08. The lowest BCUT2D eigenvalue weighted by atomic mass is 9.83. The van der Waals surface area contributed by atoms with Gasteiger partial charge in [0.15, 0.2) is 23.2 Å². The monoisotopic (exact) mass is 482 g/mol. The smallest absolute Gasteiger partial charge is 0.201 e. The fraction of sp³-hybridized carbons (Fsp3) is 0.333. The second-order valence-electron chi connectivity index (χ2n) is 9.03. The largest absolute Gasteiger partial charge is 0.491 e. The number of halogens is 4. The normalized spacial score (nSPS) is 15.7. The summed E-state index contributed by atoms with van der Waals surface area (Å²) in [6, 6.07) is 13.8. The molecule has 0 spiro atoms. The molecular weight excluding hydrogens is 452 g/mol. The topological polar surface area (TPSA) is 9.23 Å². The molecule has 0 amide bonds. The summed E-state index contributed by atoms with van der Waals surface area (Å²) in [6.07, 6.45) is 6.04. The summed E-state index contributed by atoms with van der Waals surface area (Å²) in [5.41, 5.74) is 3.48. The van der Waals surface area contributed by atoms with Crippen molar-refractivity contribution in [3.63, 3.8) is 0 Å². The number of benzene rings is 3. The molecule has 0 fully saturated rings. The molecule has 184 valence electrons. The summed E-state index contributed by atoms with van der Waals surface area (Å²) in [7, 11) is 0. The standard InChI is InChI=1S/C30H30F4O/c1-3-19-5-10-21(11-6-19)24-16-15-23(27(31)28(24)32)14-9-20-7-12-22(13-8-20)25-17-18-26(35-4-2)30(34)29(25)33/h5-6,10-12,15-18,20H,3-4,7-9,13-14H2,1-2H3. The van der Waals surface area contributed by atoms with Gasteiger partial charge < -0.3 is 4.74 Å². The molecule has 35 heavy (non-hydrogen) atoms. The van der Waals surface area contributed by atoms with E-state index in [1.807, 2.05) is 37.3 Å². The van der Waals surface area contributed by atoms with Crippen molar-refractivity contribution < 1.29 is 22.3 Å². The van der Waals surface area contributed by atoms with Gasteiger partial charge in [-0.2, -0.15) is 4.39 Å². The molecule has 1 aliphatic carbocycles. The lowest BCUT2D eigenvalue weighted by Crippen LogP contribution is -2.09. The van der Waals surface area contributed by atoms with Crippen LogP contribution < -0.4 is 4.74 Å². The molecule has 0 radical (unpaired) electrons. The summed E-state index contributed by atoms with van der Waals surface area (Å²) in [6.45, 7) is 4.03. The molecule has 0 bridgehead atoms. The Kier molecular flexibility index (Phi) is 7.94. The lowest BCUT2D eigenvalue weighted by molar-refractivity contribution is 0.314. The van der Waals surface area contributed by atoms with E-state index in [-0.39, 0.29) is 29.4 Å². The van der Waals surface area contributed by atoms with Gasteiger partial charge in [0, 0.05) is 11.1 Å². The highest BCUT2D eigenvalue weighted by Gasteiger charge is 2.22. The van der Waals surface area contributed by atoms with Crippen molar-refractivity contribution in [2.24, 2.45) is 5.92 Å². The van der Waals surface area contributed by atoms with Crippen LogP contribution in [0.25, 0.3) is 16.7 Å². The van der Waals surface area contributed by atoms with E-state index in [1.165, 1.54) is 6.07 Å². The zero-order valence-corrected chi connectivity index (χ0v) is 20.1. The van der Waals surface area contributed by atoms with Crippen LogP contribution in [0.15, 0.2) is 54.6 Å². The van der Waals surface area contributed by atoms with Crippen molar-refractivity contribution >= 4 is 5.57 Å². The molecule has 0 aliphatic heterocycles. The van der Waals surface area contributed by atoms with Crippen molar-refractivity contribution in [3.05, 3.63) is 94.6 Å². The van der Waals surface area contributed by atoms with Crippen molar-refractivity contribution in [2.45, 2.75) is 52.4 Å². The molecule has 0 N–H and O–H groups in total. The minimum Gasteiger partial charge on any atom is -0.491 e. The Labute approximate surface area is 204 Å². The van der Waals surface area contributed by atoms with Gasteiger partial charge in [-0.15, -0.1) is 0 Å². The molecule has 5 heteroatoms. The van der Waals surface area contributed by atoms with Crippen LogP contribution in [0, 0.1) is 29.2 Å². The zero-order valence-electron chi connectivity index (χ0n) is 20.1. The first-order chi connectivity index (χ1) is 16.9. The van der Waals surface area contributed by atoms with E-state index < -0.39 is 23.3 Å².